The van der Waals surface area contributed by atoms with Gasteiger partial charge in [0.05, 0.1) is 24.3 Å². The number of phenols is 2. The quantitative estimate of drug-likeness (QED) is 0.0407. The molecule has 76 heavy (non-hydrogen) atoms. The van der Waals surface area contributed by atoms with Crippen LogP contribution in [0.15, 0.2) is 103 Å². The molecule has 2 fully saturated rings. The Bertz CT molecular complexity index is 3120. The fourth-order valence-electron chi connectivity index (χ4n) is 13.9. The maximum absolute atomic E-state index is 15.5. The van der Waals surface area contributed by atoms with Gasteiger partial charge in [-0.2, -0.15) is 0 Å². The van der Waals surface area contributed by atoms with E-state index >= 15 is 4.79 Å². The number of nitrogens with one attached hydrogen (secondary N) is 3. The predicted molar refractivity (Wildman–Crippen MR) is 275 cm³/mol. The first-order valence-corrected chi connectivity index (χ1v) is 25.7. The van der Waals surface area contributed by atoms with Gasteiger partial charge in [0.1, 0.15) is 29.9 Å². The van der Waals surface area contributed by atoms with E-state index in [0.717, 1.165) is 39.3 Å². The van der Waals surface area contributed by atoms with Crippen LogP contribution >= 0.6 is 0 Å². The summed E-state index contributed by atoms with van der Waals surface area (Å²) in [5.74, 6) is -8.98. The van der Waals surface area contributed by atoms with Crippen LogP contribution in [0.3, 0.4) is 0 Å². The van der Waals surface area contributed by atoms with Crippen molar-refractivity contribution in [2.24, 2.45) is 23.5 Å². The van der Waals surface area contributed by atoms with Gasteiger partial charge in [-0.1, -0.05) is 48.1 Å². The van der Waals surface area contributed by atoms with Crippen molar-refractivity contribution in [2.45, 2.75) is 97.2 Å². The predicted octanol–water partition coefficient (Wildman–Crippen LogP) is 2.99. The summed E-state index contributed by atoms with van der Waals surface area (Å²) in [5, 5.41) is 113. The van der Waals surface area contributed by atoms with E-state index in [1.165, 1.54) is 24.3 Å². The van der Waals surface area contributed by atoms with Crippen molar-refractivity contribution in [3.05, 3.63) is 142 Å². The number of allylic oxidation sites excluding steroid dienone is 2. The normalized spacial score (nSPS) is 33.1. The van der Waals surface area contributed by atoms with Crippen molar-refractivity contribution in [3.8, 4) is 17.2 Å². The highest BCUT2D eigenvalue weighted by Crippen LogP contribution is 2.69. The Morgan fingerprint density at radius 2 is 1.76 bits per heavy atom. The lowest BCUT2D eigenvalue weighted by Crippen LogP contribution is -2.67. The molecule has 0 bridgehead atoms. The third-order valence-corrected chi connectivity index (χ3v) is 17.2. The number of aromatic amines is 2. The number of aliphatic hydroxyl groups is 7. The number of phenolic OH excluding ortho intramolecular Hbond substituents is 2. The Labute approximate surface area is 436 Å². The molecule has 1 saturated carbocycles. The average Bonchev–Trinajstić information content (AvgIpc) is 4.46. The number of H-pyrrole nitrogens is 2. The number of hydrogen-bond acceptors (Lipinski definition) is 16. The number of benzene rings is 3. The molecule has 3 aromatic carbocycles. The van der Waals surface area contributed by atoms with E-state index in [1.807, 2.05) is 42.5 Å². The van der Waals surface area contributed by atoms with Gasteiger partial charge < -0.3 is 81.6 Å². The van der Waals surface area contributed by atoms with Crippen LogP contribution < -0.4 is 20.7 Å². The van der Waals surface area contributed by atoms with Crippen LogP contribution in [0.25, 0.3) is 12.2 Å². The number of ether oxygens (including phenoxy) is 2. The maximum atomic E-state index is 15.5. The molecule has 0 radical (unpaired) electrons. The van der Waals surface area contributed by atoms with Gasteiger partial charge in [0, 0.05) is 84.5 Å². The Morgan fingerprint density at radius 3 is 2.51 bits per heavy atom. The van der Waals surface area contributed by atoms with E-state index in [9.17, 15) is 55.9 Å². The lowest BCUT2D eigenvalue weighted by Gasteiger charge is -2.50. The number of aromatic nitrogens is 3. The van der Waals surface area contributed by atoms with Crippen molar-refractivity contribution in [3.63, 3.8) is 0 Å². The van der Waals surface area contributed by atoms with Crippen molar-refractivity contribution in [1.82, 2.24) is 15.0 Å². The summed E-state index contributed by atoms with van der Waals surface area (Å²) < 4.78 is 11.1. The number of aromatic hydroxyl groups is 2. The van der Waals surface area contributed by atoms with Crippen LogP contribution in [0, 0.1) is 17.8 Å². The van der Waals surface area contributed by atoms with Crippen LogP contribution in [0.4, 0.5) is 11.5 Å². The van der Waals surface area contributed by atoms with Crippen LogP contribution in [-0.2, 0) is 19.7 Å². The van der Waals surface area contributed by atoms with Crippen LogP contribution in [-0.4, -0.2) is 146 Å². The minimum Gasteiger partial charge on any atom is -0.508 e. The van der Waals surface area contributed by atoms with Crippen LogP contribution in [0.1, 0.15) is 89.1 Å². The molecule has 0 spiro atoms. The zero-order valence-electron chi connectivity index (χ0n) is 41.2. The zero-order valence-corrected chi connectivity index (χ0v) is 41.2. The van der Waals surface area contributed by atoms with E-state index in [2.05, 4.69) is 26.3 Å². The number of carboxylic acids is 1. The van der Waals surface area contributed by atoms with Crippen molar-refractivity contribution in [1.29, 1.82) is 0 Å². The number of carbonyl (C=O) groups excluding carboxylic acids is 1. The third-order valence-electron chi connectivity index (χ3n) is 17.2. The molecular weight excluding hydrogens is 981 g/mol. The van der Waals surface area contributed by atoms with Gasteiger partial charge in [0.25, 0.3) is 5.91 Å². The molecule has 1 saturated heterocycles. The number of hydrogen-bond donors (Lipinski definition) is 14. The van der Waals surface area contributed by atoms with E-state index in [1.54, 1.807) is 30.7 Å². The first-order valence-electron chi connectivity index (χ1n) is 25.7. The first-order chi connectivity index (χ1) is 36.6. The number of aliphatic hydroxyl groups excluding tert-OH is 6. The SMILES string of the molecule is NC1CCC2C=Cc3ccccc3C12C1C(CCCO)=CC2(C(=O)O)C1c1cc(O)c(OC3(O)OC(CO)C(O)C(O)C3O)cc1N2C(=O)C=Cc1ccc(O)c(C2CC(CO)C(CNc3ccc[nH]3)c3nc[nH]c32)c1. The summed E-state index contributed by atoms with van der Waals surface area (Å²) in [6, 6.07) is 18.2. The monoisotopic (exact) mass is 1040 g/mol. The van der Waals surface area contributed by atoms with E-state index in [4.69, 9.17) is 15.2 Å². The molecule has 14 atom stereocenters. The summed E-state index contributed by atoms with van der Waals surface area (Å²) in [7, 11) is 0. The van der Waals surface area contributed by atoms with Crippen LogP contribution in [0.5, 0.6) is 17.2 Å². The van der Waals surface area contributed by atoms with Gasteiger partial charge in [-0.3, -0.25) is 9.69 Å². The molecule has 15 N–H and O–H groups in total. The lowest BCUT2D eigenvalue weighted by atomic mass is 9.53. The lowest BCUT2D eigenvalue weighted by molar-refractivity contribution is -0.422. The number of rotatable bonds is 15. The molecule has 11 rings (SSSR count). The number of nitrogens with two attached hydrogens (primary N) is 1. The largest absolute Gasteiger partial charge is 0.508 e. The highest BCUT2D eigenvalue weighted by Gasteiger charge is 2.71. The standard InChI is InChI=1S/C56H62N6O14/c57-43-15-13-32-12-11-29-5-1-2-7-37(29)55(32,43)46-30(6-4-18-63)23-54(53(72)73)47(46)35-21-40(67)41(75-56(74)52(71)51(70)50(69)42(26-65)76-56)22-38(35)62(54)45(68)16-10-28-9-14-39(66)33(19-28)34-20-31(25-64)36(49-48(34)60-27-61-49)24-59-44-8-3-17-58-44/h1-3,5,7-12,14,16-17,19,21-23,27,31-32,34,36,42-43,46-47,50-52,58-59,63-67,69-71,74H,4,6,13,15,18,20,24-26,57H2,(H,60,61)(H,72,73). The minimum absolute atomic E-state index is 0.0392. The second-order valence-corrected chi connectivity index (χ2v) is 21.0. The number of imidazole rings is 1. The third kappa shape index (κ3) is 7.88. The highest BCUT2D eigenvalue weighted by atomic mass is 16.8. The Kier molecular flexibility index (Phi) is 13.2. The Morgan fingerprint density at radius 1 is 0.947 bits per heavy atom. The van der Waals surface area contributed by atoms with E-state index < -0.39 is 95.1 Å². The van der Waals surface area contributed by atoms with Crippen LogP contribution in [0.2, 0.25) is 0 Å². The molecule has 5 aromatic rings. The molecule has 1 amide bonds. The highest BCUT2D eigenvalue weighted by molar-refractivity contribution is 6.13. The molecular formula is C56H62N6O14. The molecule has 20 nitrogen and oxygen atoms in total. The zero-order chi connectivity index (χ0) is 53.4. The first kappa shape index (κ1) is 51.3. The van der Waals surface area contributed by atoms with Gasteiger partial charge in [-0.25, -0.2) is 9.78 Å². The molecule has 4 heterocycles. The fourth-order valence-corrected chi connectivity index (χ4v) is 13.9. The van der Waals surface area contributed by atoms with Crippen molar-refractivity contribution < 1.29 is 70.1 Å². The summed E-state index contributed by atoms with van der Waals surface area (Å²) in [6.07, 6.45) is 5.96. The molecule has 2 aliphatic heterocycles. The summed E-state index contributed by atoms with van der Waals surface area (Å²) >= 11 is 0. The smallest absolute Gasteiger partial charge is 0.355 e. The number of nitrogens with zero attached hydrogens (tertiary/aromatic N) is 2. The summed E-state index contributed by atoms with van der Waals surface area (Å²) in [5.41, 5.74) is 9.15. The van der Waals surface area contributed by atoms with Gasteiger partial charge in [0.2, 0.25) is 0 Å². The van der Waals surface area contributed by atoms with Gasteiger partial charge in [-0.05, 0) is 109 Å². The van der Waals surface area contributed by atoms with Gasteiger partial charge in [0.15, 0.2) is 23.1 Å². The second-order valence-electron chi connectivity index (χ2n) is 21.0. The molecule has 2 aromatic heterocycles. The van der Waals surface area contributed by atoms with Gasteiger partial charge >= 0.3 is 11.9 Å². The van der Waals surface area contributed by atoms with Crippen molar-refractivity contribution in [2.75, 3.05) is 36.6 Å². The van der Waals surface area contributed by atoms with Gasteiger partial charge in [-0.15, -0.1) is 0 Å². The second kappa shape index (κ2) is 19.6. The summed E-state index contributed by atoms with van der Waals surface area (Å²) in [6.45, 7) is -0.827. The number of anilines is 2. The Balaban J connectivity index is 1.03. The molecule has 14 unspecified atom stereocenters. The average molecular weight is 1040 g/mol. The number of amides is 1. The molecule has 6 aliphatic rings. The fraction of sp³-hybridized carbons (Fsp3) is 0.411. The van der Waals surface area contributed by atoms with Crippen molar-refractivity contribution >= 4 is 35.5 Å². The maximum Gasteiger partial charge on any atom is 0.355 e. The molecule has 20 heteroatoms. The molecule has 4 aliphatic carbocycles. The molecule has 400 valence electrons. The van der Waals surface area contributed by atoms with E-state index in [0.29, 0.717) is 42.5 Å². The number of aliphatic carboxylic acids is 1. The number of carbonyl (C=O) groups is 2. The number of fused-ring (bicyclic) bond motifs is 7. The topological polar surface area (TPSA) is 341 Å². The summed E-state index contributed by atoms with van der Waals surface area (Å²) in [4.78, 5) is 42.3. The van der Waals surface area contributed by atoms with E-state index in [-0.39, 0.29) is 60.8 Å². The number of carboxylic acid groups (broad SMARTS) is 1. The minimum atomic E-state index is -3.20. The Hall–Kier alpha value is -6.85.